The van der Waals surface area contributed by atoms with Crippen LogP contribution in [0.15, 0.2) is 0 Å². The minimum absolute atomic E-state index is 0.0393. The summed E-state index contributed by atoms with van der Waals surface area (Å²) < 4.78 is 13.2. The van der Waals surface area contributed by atoms with Crippen LogP contribution in [-0.2, 0) is 14.3 Å². The van der Waals surface area contributed by atoms with Crippen molar-refractivity contribution in [2.45, 2.75) is 92.3 Å². The molecular weight excluding hydrogens is 374 g/mol. The van der Waals surface area contributed by atoms with Crippen molar-refractivity contribution in [2.24, 2.45) is 33.5 Å². The highest BCUT2D eigenvalue weighted by atomic mass is 16.5. The second-order valence-corrected chi connectivity index (χ2v) is 13.4. The van der Waals surface area contributed by atoms with E-state index in [9.17, 15) is 4.79 Å². The molecule has 0 aromatic carbocycles. The van der Waals surface area contributed by atoms with Gasteiger partial charge in [0.25, 0.3) is 0 Å². The van der Waals surface area contributed by atoms with Gasteiger partial charge in [0.2, 0.25) is 0 Å². The lowest BCUT2D eigenvalue weighted by atomic mass is 9.70. The Labute approximate surface area is 184 Å². The molecule has 0 aromatic heterocycles. The zero-order valence-corrected chi connectivity index (χ0v) is 20.8. The van der Waals surface area contributed by atoms with Gasteiger partial charge in [-0.3, -0.25) is 0 Å². The Morgan fingerprint density at radius 1 is 0.867 bits per heavy atom. The summed E-state index contributed by atoms with van der Waals surface area (Å²) in [6.07, 6.45) is 7.83. The molecule has 30 heavy (non-hydrogen) atoms. The normalized spacial score (nSPS) is 43.3. The fourth-order valence-corrected chi connectivity index (χ4v) is 7.76. The van der Waals surface area contributed by atoms with Crippen LogP contribution in [0.1, 0.15) is 80.1 Å². The molecule has 4 rings (SSSR count). The van der Waals surface area contributed by atoms with Gasteiger partial charge in [-0.05, 0) is 66.6 Å². The van der Waals surface area contributed by atoms with E-state index in [0.717, 1.165) is 25.5 Å². The molecule has 4 saturated carbocycles. The largest absolute Gasteiger partial charge is 0.458 e. The third-order valence-electron chi connectivity index (χ3n) is 11.3. The van der Waals surface area contributed by atoms with Crippen LogP contribution in [0.3, 0.4) is 0 Å². The van der Waals surface area contributed by atoms with E-state index in [-0.39, 0.29) is 22.9 Å². The zero-order chi connectivity index (χ0) is 22.2. The number of fused-ring (bicyclic) bond motifs is 4. The van der Waals surface area contributed by atoms with Gasteiger partial charge in [-0.2, -0.15) is 0 Å². The molecule has 0 aliphatic heterocycles. The number of hydrogen-bond donors (Lipinski definition) is 0. The Morgan fingerprint density at radius 3 is 1.80 bits per heavy atom. The molecule has 0 amide bonds. The summed E-state index contributed by atoms with van der Waals surface area (Å²) in [6.45, 7) is 16.4. The van der Waals surface area contributed by atoms with E-state index in [1.807, 2.05) is 0 Å². The Bertz CT molecular complexity index is 698. The van der Waals surface area contributed by atoms with Gasteiger partial charge < -0.3 is 14.0 Å². The average Bonchev–Trinajstić information content (AvgIpc) is 3.13. The van der Waals surface area contributed by atoms with Crippen LogP contribution < -0.4 is 0 Å². The van der Waals surface area contributed by atoms with Gasteiger partial charge in [0.15, 0.2) is 6.54 Å². The fraction of sp³-hybridized carbons (Fsp3) is 0.962. The van der Waals surface area contributed by atoms with Gasteiger partial charge in [0.1, 0.15) is 12.6 Å². The lowest BCUT2D eigenvalue weighted by molar-refractivity contribution is -0.883. The first-order chi connectivity index (χ1) is 13.7. The molecule has 172 valence electrons. The average molecular weight is 421 g/mol. The van der Waals surface area contributed by atoms with E-state index in [1.54, 1.807) is 0 Å². The number of carbonyl (C=O) groups excluding carboxylic acids is 1. The summed E-state index contributed by atoms with van der Waals surface area (Å²) in [6, 6.07) is 0. The topological polar surface area (TPSA) is 35.5 Å². The third kappa shape index (κ3) is 3.18. The molecule has 0 heterocycles. The van der Waals surface area contributed by atoms with Crippen molar-refractivity contribution in [1.29, 1.82) is 0 Å². The van der Waals surface area contributed by atoms with E-state index < -0.39 is 0 Å². The standard InChI is InChI=1S/C26H46NO3/c1-23(2)18-9-11-25(23,5)20(15-18)29-14-13-27(7,8)17-22(28)30-21-16-19-10-12-26(21,6)24(19,3)4/h18-21H,9-17H2,1-8H3/q+1/t18-,19+,20+,21-,25-,26+/m0/s1. The molecule has 4 aliphatic carbocycles. The molecule has 0 aromatic rings. The van der Waals surface area contributed by atoms with Crippen LogP contribution in [0, 0.1) is 33.5 Å². The molecular formula is C26H46NO3+. The number of nitrogens with zero attached hydrogens (tertiary/aromatic N) is 1. The first-order valence-corrected chi connectivity index (χ1v) is 12.4. The molecule has 4 aliphatic rings. The van der Waals surface area contributed by atoms with Gasteiger partial charge in [0.05, 0.1) is 26.8 Å². The van der Waals surface area contributed by atoms with Crippen LogP contribution in [0.2, 0.25) is 0 Å². The first-order valence-electron chi connectivity index (χ1n) is 12.4. The lowest BCUT2D eigenvalue weighted by Gasteiger charge is -2.40. The number of carbonyl (C=O) groups is 1. The lowest BCUT2D eigenvalue weighted by Crippen LogP contribution is -2.49. The maximum atomic E-state index is 12.8. The molecule has 0 saturated heterocycles. The summed E-state index contributed by atoms with van der Waals surface area (Å²) in [7, 11) is 4.26. The highest BCUT2D eigenvalue weighted by molar-refractivity contribution is 5.71. The SMILES string of the molecule is CC1(C)[C@H]2CC[C@@]1(C)[C@H](OCC[N+](C)(C)CC(=O)O[C@H]1C[C@H]3CC[C@@]1(C)C3(C)C)C2. The Morgan fingerprint density at radius 2 is 1.37 bits per heavy atom. The van der Waals surface area contributed by atoms with Crippen molar-refractivity contribution in [1.82, 2.24) is 0 Å². The second kappa shape index (κ2) is 6.94. The molecule has 4 bridgehead atoms. The predicted molar refractivity (Wildman–Crippen MR) is 120 cm³/mol. The molecule has 0 spiro atoms. The Kier molecular flexibility index (Phi) is 5.22. The highest BCUT2D eigenvalue weighted by Gasteiger charge is 2.63. The van der Waals surface area contributed by atoms with E-state index in [0.29, 0.717) is 33.9 Å². The summed E-state index contributed by atoms with van der Waals surface area (Å²) in [5, 5.41) is 0. The van der Waals surface area contributed by atoms with Crippen LogP contribution in [0.5, 0.6) is 0 Å². The summed E-state index contributed by atoms with van der Waals surface area (Å²) in [5.41, 5.74) is 1.10. The molecule has 0 unspecified atom stereocenters. The highest BCUT2D eigenvalue weighted by Crippen LogP contribution is 2.67. The maximum Gasteiger partial charge on any atom is 0.362 e. The third-order valence-corrected chi connectivity index (χ3v) is 11.3. The number of rotatable bonds is 7. The smallest absolute Gasteiger partial charge is 0.362 e. The van der Waals surface area contributed by atoms with Crippen molar-refractivity contribution < 1.29 is 18.8 Å². The monoisotopic (exact) mass is 420 g/mol. The fourth-order valence-electron chi connectivity index (χ4n) is 7.76. The van der Waals surface area contributed by atoms with Crippen molar-refractivity contribution >= 4 is 5.97 Å². The van der Waals surface area contributed by atoms with Crippen molar-refractivity contribution in [2.75, 3.05) is 33.8 Å². The number of esters is 1. The van der Waals surface area contributed by atoms with Gasteiger partial charge in [-0.1, -0.05) is 41.5 Å². The van der Waals surface area contributed by atoms with Gasteiger partial charge in [-0.25, -0.2) is 4.79 Å². The van der Waals surface area contributed by atoms with Crippen LogP contribution >= 0.6 is 0 Å². The molecule has 0 radical (unpaired) electrons. The minimum atomic E-state index is -0.0393. The molecule has 4 heteroatoms. The summed E-state index contributed by atoms with van der Waals surface area (Å²) in [5.74, 6) is 1.46. The van der Waals surface area contributed by atoms with Crippen molar-refractivity contribution in [3.8, 4) is 0 Å². The van der Waals surface area contributed by atoms with E-state index in [1.165, 1.54) is 32.1 Å². The summed E-state index contributed by atoms with van der Waals surface area (Å²) in [4.78, 5) is 12.8. The molecule has 6 atom stereocenters. The maximum absolute atomic E-state index is 12.8. The Balaban J connectivity index is 1.26. The van der Waals surface area contributed by atoms with E-state index in [2.05, 4.69) is 55.6 Å². The van der Waals surface area contributed by atoms with Gasteiger partial charge in [0, 0.05) is 5.41 Å². The van der Waals surface area contributed by atoms with Gasteiger partial charge in [-0.15, -0.1) is 0 Å². The zero-order valence-electron chi connectivity index (χ0n) is 20.8. The minimum Gasteiger partial charge on any atom is -0.458 e. The molecule has 4 nitrogen and oxygen atoms in total. The Hall–Kier alpha value is -0.610. The second-order valence-electron chi connectivity index (χ2n) is 13.4. The molecule has 0 N–H and O–H groups in total. The number of ether oxygens (including phenoxy) is 2. The van der Waals surface area contributed by atoms with Crippen LogP contribution in [0.4, 0.5) is 0 Å². The van der Waals surface area contributed by atoms with E-state index >= 15 is 0 Å². The van der Waals surface area contributed by atoms with E-state index in [4.69, 9.17) is 9.47 Å². The molecule has 4 fully saturated rings. The van der Waals surface area contributed by atoms with Crippen LogP contribution in [0.25, 0.3) is 0 Å². The number of quaternary nitrogens is 1. The van der Waals surface area contributed by atoms with Crippen LogP contribution in [-0.4, -0.2) is 56.5 Å². The predicted octanol–water partition coefficient (Wildman–Crippen LogP) is 5.05. The quantitative estimate of drug-likeness (QED) is 0.427. The van der Waals surface area contributed by atoms with Crippen molar-refractivity contribution in [3.05, 3.63) is 0 Å². The first kappa shape index (κ1) is 22.6. The van der Waals surface area contributed by atoms with Gasteiger partial charge >= 0.3 is 5.97 Å². The van der Waals surface area contributed by atoms with Crippen molar-refractivity contribution in [3.63, 3.8) is 0 Å². The summed E-state index contributed by atoms with van der Waals surface area (Å²) >= 11 is 0. The number of hydrogen-bond acceptors (Lipinski definition) is 3. The number of likely N-dealkylation sites (N-methyl/N-ethyl adjacent to an activating group) is 1.